The van der Waals surface area contributed by atoms with Gasteiger partial charge in [-0.3, -0.25) is 0 Å². The molecule has 6 heteroatoms. The van der Waals surface area contributed by atoms with Crippen molar-refractivity contribution in [2.24, 2.45) is 0 Å². The van der Waals surface area contributed by atoms with Gasteiger partial charge in [-0.05, 0) is 0 Å². The van der Waals surface area contributed by atoms with Crippen LogP contribution in [0.3, 0.4) is 0 Å². The van der Waals surface area contributed by atoms with Crippen LogP contribution in [0.2, 0.25) is 0 Å². The van der Waals surface area contributed by atoms with Gasteiger partial charge in [0.1, 0.15) is 5.82 Å². The third-order valence-electron chi connectivity index (χ3n) is 1.51. The van der Waals surface area contributed by atoms with Gasteiger partial charge in [-0.2, -0.15) is 0 Å². The Hall–Kier alpha value is -1.43. The van der Waals surface area contributed by atoms with Gasteiger partial charge >= 0.3 is 5.97 Å². The number of anilines is 1. The number of esters is 1. The lowest BCUT2D eigenvalue weighted by atomic mass is 10.4. The predicted octanol–water partition coefficient (Wildman–Crippen LogP) is 1.58. The maximum absolute atomic E-state index is 11.0. The van der Waals surface area contributed by atoms with Crippen LogP contribution in [0.4, 0.5) is 5.82 Å². The molecule has 0 spiro atoms. The molecule has 1 aromatic heterocycles. The van der Waals surface area contributed by atoms with E-state index in [1.807, 2.05) is 0 Å². The Bertz CT molecular complexity index is 364. The maximum Gasteiger partial charge on any atom is 0.358 e. The molecular formula is C9H10BrN3O2. The molecule has 0 aliphatic rings. The molecule has 1 N–H and O–H groups in total. The van der Waals surface area contributed by atoms with E-state index >= 15 is 0 Å². The highest BCUT2D eigenvalue weighted by Crippen LogP contribution is 2.05. The fourth-order valence-electron chi connectivity index (χ4n) is 0.816. The van der Waals surface area contributed by atoms with Gasteiger partial charge in [-0.15, -0.1) is 0 Å². The van der Waals surface area contributed by atoms with E-state index in [2.05, 4.69) is 42.5 Å². The van der Waals surface area contributed by atoms with Crippen molar-refractivity contribution < 1.29 is 9.53 Å². The Morgan fingerprint density at radius 2 is 2.33 bits per heavy atom. The molecule has 5 nitrogen and oxygen atoms in total. The standard InChI is InChI=1S/C9H10BrN3O2/c1-6(10)3-12-8-5-11-7(4-13-8)9(14)15-2/h4-5H,1,3H2,2H3,(H,12,13). The summed E-state index contributed by atoms with van der Waals surface area (Å²) in [6.07, 6.45) is 2.81. The third-order valence-corrected chi connectivity index (χ3v) is 1.79. The van der Waals surface area contributed by atoms with Crippen molar-refractivity contribution in [1.29, 1.82) is 0 Å². The first kappa shape index (κ1) is 11.6. The van der Waals surface area contributed by atoms with Crippen LogP contribution in [0.5, 0.6) is 0 Å². The molecule has 0 unspecified atom stereocenters. The number of nitrogens with one attached hydrogen (secondary N) is 1. The molecular weight excluding hydrogens is 262 g/mol. The van der Waals surface area contributed by atoms with Crippen LogP contribution in [0.15, 0.2) is 23.5 Å². The first-order valence-electron chi connectivity index (χ1n) is 4.11. The van der Waals surface area contributed by atoms with E-state index in [0.717, 1.165) is 4.48 Å². The number of carbonyl (C=O) groups excluding carboxylic acids is 1. The highest BCUT2D eigenvalue weighted by molar-refractivity contribution is 9.11. The van der Waals surface area contributed by atoms with E-state index < -0.39 is 5.97 Å². The zero-order valence-corrected chi connectivity index (χ0v) is 9.74. The molecule has 0 aliphatic carbocycles. The number of aromatic nitrogens is 2. The van der Waals surface area contributed by atoms with Crippen molar-refractivity contribution in [2.45, 2.75) is 0 Å². The first-order valence-corrected chi connectivity index (χ1v) is 4.90. The van der Waals surface area contributed by atoms with Crippen molar-refractivity contribution in [2.75, 3.05) is 19.0 Å². The zero-order valence-electron chi connectivity index (χ0n) is 8.16. The molecule has 1 aromatic rings. The second-order valence-corrected chi connectivity index (χ2v) is 3.77. The van der Waals surface area contributed by atoms with Gasteiger partial charge in [0.25, 0.3) is 0 Å². The summed E-state index contributed by atoms with van der Waals surface area (Å²) in [6, 6.07) is 0. The van der Waals surface area contributed by atoms with Crippen LogP contribution in [-0.2, 0) is 4.74 Å². The summed E-state index contributed by atoms with van der Waals surface area (Å²) in [4.78, 5) is 18.9. The number of hydrogen-bond donors (Lipinski definition) is 1. The second kappa shape index (κ2) is 5.45. The number of rotatable bonds is 4. The molecule has 0 radical (unpaired) electrons. The number of halogens is 1. The minimum Gasteiger partial charge on any atom is -0.464 e. The van der Waals surface area contributed by atoms with Crippen LogP contribution in [0, 0.1) is 0 Å². The molecule has 0 bridgehead atoms. The Kier molecular flexibility index (Phi) is 4.23. The Morgan fingerprint density at radius 1 is 1.60 bits per heavy atom. The molecule has 1 rings (SSSR count). The molecule has 80 valence electrons. The predicted molar refractivity (Wildman–Crippen MR) is 59.9 cm³/mol. The molecule has 15 heavy (non-hydrogen) atoms. The van der Waals surface area contributed by atoms with Gasteiger partial charge in [0.15, 0.2) is 5.69 Å². The third kappa shape index (κ3) is 3.67. The van der Waals surface area contributed by atoms with Crippen LogP contribution >= 0.6 is 15.9 Å². The molecule has 0 saturated carbocycles. The molecule has 0 amide bonds. The molecule has 0 fully saturated rings. The number of ether oxygens (including phenoxy) is 1. The average Bonchev–Trinajstić information content (AvgIpc) is 2.26. The molecule has 0 aromatic carbocycles. The number of nitrogens with zero attached hydrogens (tertiary/aromatic N) is 2. The fourth-order valence-corrected chi connectivity index (χ4v) is 0.956. The number of carbonyl (C=O) groups is 1. The lowest BCUT2D eigenvalue weighted by Crippen LogP contribution is -2.07. The Balaban J connectivity index is 2.64. The monoisotopic (exact) mass is 271 g/mol. The normalized spacial score (nSPS) is 9.47. The highest BCUT2D eigenvalue weighted by atomic mass is 79.9. The zero-order chi connectivity index (χ0) is 11.3. The highest BCUT2D eigenvalue weighted by Gasteiger charge is 2.06. The molecule has 0 aliphatic heterocycles. The fraction of sp³-hybridized carbons (Fsp3) is 0.222. The molecule has 1 heterocycles. The Morgan fingerprint density at radius 3 is 2.80 bits per heavy atom. The van der Waals surface area contributed by atoms with Gasteiger partial charge in [-0.1, -0.05) is 22.5 Å². The summed E-state index contributed by atoms with van der Waals surface area (Å²) >= 11 is 3.20. The van der Waals surface area contributed by atoms with E-state index in [4.69, 9.17) is 0 Å². The topological polar surface area (TPSA) is 64.1 Å². The van der Waals surface area contributed by atoms with Gasteiger partial charge in [-0.25, -0.2) is 14.8 Å². The smallest absolute Gasteiger partial charge is 0.358 e. The van der Waals surface area contributed by atoms with Gasteiger partial charge < -0.3 is 10.1 Å². The van der Waals surface area contributed by atoms with E-state index in [-0.39, 0.29) is 5.69 Å². The minimum atomic E-state index is -0.501. The minimum absolute atomic E-state index is 0.181. The summed E-state index contributed by atoms with van der Waals surface area (Å²) in [7, 11) is 1.30. The summed E-state index contributed by atoms with van der Waals surface area (Å²) in [6.45, 7) is 4.21. The summed E-state index contributed by atoms with van der Waals surface area (Å²) < 4.78 is 5.30. The van der Waals surface area contributed by atoms with Crippen LogP contribution in [0.25, 0.3) is 0 Å². The van der Waals surface area contributed by atoms with Crippen molar-refractivity contribution in [3.05, 3.63) is 29.1 Å². The van der Waals surface area contributed by atoms with E-state index in [1.54, 1.807) is 0 Å². The largest absolute Gasteiger partial charge is 0.464 e. The summed E-state index contributed by atoms with van der Waals surface area (Å²) in [5.41, 5.74) is 0.181. The van der Waals surface area contributed by atoms with Gasteiger partial charge in [0.2, 0.25) is 0 Å². The number of hydrogen-bond acceptors (Lipinski definition) is 5. The van der Waals surface area contributed by atoms with Crippen LogP contribution in [-0.4, -0.2) is 29.6 Å². The Labute approximate surface area is 95.7 Å². The van der Waals surface area contributed by atoms with E-state index in [0.29, 0.717) is 12.4 Å². The summed E-state index contributed by atoms with van der Waals surface area (Å²) in [5.74, 6) is 0.0715. The SMILES string of the molecule is C=C(Br)CNc1cnc(C(=O)OC)cn1. The van der Waals surface area contributed by atoms with Crippen molar-refractivity contribution in [3.8, 4) is 0 Å². The lowest BCUT2D eigenvalue weighted by Gasteiger charge is -2.03. The van der Waals surface area contributed by atoms with E-state index in [9.17, 15) is 4.79 Å². The molecule has 0 atom stereocenters. The average molecular weight is 272 g/mol. The van der Waals surface area contributed by atoms with Crippen LogP contribution < -0.4 is 5.32 Å². The van der Waals surface area contributed by atoms with E-state index in [1.165, 1.54) is 19.5 Å². The second-order valence-electron chi connectivity index (χ2n) is 2.65. The van der Waals surface area contributed by atoms with Crippen molar-refractivity contribution in [3.63, 3.8) is 0 Å². The van der Waals surface area contributed by atoms with Crippen LogP contribution in [0.1, 0.15) is 10.5 Å². The lowest BCUT2D eigenvalue weighted by molar-refractivity contribution is 0.0593. The maximum atomic E-state index is 11.0. The van der Waals surface area contributed by atoms with Gasteiger partial charge in [0.05, 0.1) is 19.5 Å². The first-order chi connectivity index (χ1) is 7.13. The quantitative estimate of drug-likeness (QED) is 0.843. The van der Waals surface area contributed by atoms with Crippen molar-refractivity contribution >= 4 is 27.7 Å². The molecule has 0 saturated heterocycles. The van der Waals surface area contributed by atoms with Crippen molar-refractivity contribution in [1.82, 2.24) is 9.97 Å². The van der Waals surface area contributed by atoms with Gasteiger partial charge in [0, 0.05) is 11.0 Å². The summed E-state index contributed by atoms with van der Waals surface area (Å²) in [5, 5.41) is 2.96. The number of methoxy groups -OCH3 is 1.